The van der Waals surface area contributed by atoms with Gasteiger partial charge in [-0.05, 0) is 30.5 Å². The molecule has 1 aromatic rings. The summed E-state index contributed by atoms with van der Waals surface area (Å²) in [5.74, 6) is 0. The number of piperidine rings is 1. The number of ether oxygens (including phenoxy) is 1. The second-order valence-electron chi connectivity index (χ2n) is 4.68. The predicted molar refractivity (Wildman–Crippen MR) is 69.9 cm³/mol. The second-order valence-corrected chi connectivity index (χ2v) is 4.68. The Morgan fingerprint density at radius 1 is 1.41 bits per heavy atom. The Hall–Kier alpha value is -0.900. The van der Waals surface area contributed by atoms with Crippen LogP contribution in [0.4, 0.5) is 0 Å². The topological polar surface area (TPSA) is 33.3 Å². The van der Waals surface area contributed by atoms with Crippen molar-refractivity contribution in [3.05, 3.63) is 35.4 Å². The molecule has 0 bridgehead atoms. The van der Waals surface area contributed by atoms with Gasteiger partial charge in [-0.1, -0.05) is 24.3 Å². The van der Waals surface area contributed by atoms with Gasteiger partial charge in [-0.2, -0.15) is 0 Å². The summed E-state index contributed by atoms with van der Waals surface area (Å²) in [6.45, 7) is 3.90. The van der Waals surface area contributed by atoms with E-state index in [9.17, 15) is 0 Å². The van der Waals surface area contributed by atoms with Gasteiger partial charge in [0.05, 0.1) is 6.61 Å². The number of hydrogen-bond donors (Lipinski definition) is 2. The molecule has 3 nitrogen and oxygen atoms in total. The number of nitrogens with one attached hydrogen (secondary N) is 2. The van der Waals surface area contributed by atoms with E-state index in [0.717, 1.165) is 13.1 Å². The van der Waals surface area contributed by atoms with Gasteiger partial charge in [0.25, 0.3) is 0 Å². The molecule has 2 rings (SSSR count). The molecule has 0 saturated carbocycles. The number of hydrogen-bond acceptors (Lipinski definition) is 3. The molecular formula is C14H22N2O. The molecule has 1 unspecified atom stereocenters. The predicted octanol–water partition coefficient (Wildman–Crippen LogP) is 1.67. The number of rotatable bonds is 5. The molecule has 3 heteroatoms. The number of benzene rings is 1. The van der Waals surface area contributed by atoms with Gasteiger partial charge < -0.3 is 15.4 Å². The SMILES string of the molecule is COCc1cccc(CNC2CCCNC2)c1. The smallest absolute Gasteiger partial charge is 0.0713 e. The molecule has 0 radical (unpaired) electrons. The van der Waals surface area contributed by atoms with E-state index in [-0.39, 0.29) is 0 Å². The Morgan fingerprint density at radius 2 is 2.29 bits per heavy atom. The lowest BCUT2D eigenvalue weighted by Gasteiger charge is -2.24. The van der Waals surface area contributed by atoms with Crippen LogP contribution in [0.1, 0.15) is 24.0 Å². The first-order valence-electron chi connectivity index (χ1n) is 6.39. The van der Waals surface area contributed by atoms with Gasteiger partial charge in [-0.3, -0.25) is 0 Å². The third-order valence-electron chi connectivity index (χ3n) is 3.19. The first-order chi connectivity index (χ1) is 8.38. The van der Waals surface area contributed by atoms with Crippen LogP contribution in [-0.2, 0) is 17.9 Å². The van der Waals surface area contributed by atoms with Crippen molar-refractivity contribution in [1.82, 2.24) is 10.6 Å². The molecule has 17 heavy (non-hydrogen) atoms. The summed E-state index contributed by atoms with van der Waals surface area (Å²) in [5.41, 5.74) is 2.58. The van der Waals surface area contributed by atoms with Gasteiger partial charge in [-0.25, -0.2) is 0 Å². The Morgan fingerprint density at radius 3 is 3.06 bits per heavy atom. The van der Waals surface area contributed by atoms with Gasteiger partial charge in [0.2, 0.25) is 0 Å². The zero-order valence-corrected chi connectivity index (χ0v) is 10.5. The van der Waals surface area contributed by atoms with Gasteiger partial charge in [0.15, 0.2) is 0 Å². The van der Waals surface area contributed by atoms with Crippen molar-refractivity contribution < 1.29 is 4.74 Å². The Labute approximate surface area is 104 Å². The van der Waals surface area contributed by atoms with Crippen molar-refractivity contribution in [2.45, 2.75) is 32.0 Å². The molecule has 1 aromatic carbocycles. The normalized spacial score (nSPS) is 20.4. The van der Waals surface area contributed by atoms with E-state index in [1.165, 1.54) is 30.5 Å². The van der Waals surface area contributed by atoms with E-state index in [2.05, 4.69) is 34.9 Å². The minimum atomic E-state index is 0.620. The lowest BCUT2D eigenvalue weighted by atomic mass is 10.1. The third kappa shape index (κ3) is 4.11. The van der Waals surface area contributed by atoms with Gasteiger partial charge >= 0.3 is 0 Å². The van der Waals surface area contributed by atoms with Crippen LogP contribution in [-0.4, -0.2) is 26.2 Å². The zero-order valence-electron chi connectivity index (χ0n) is 10.5. The zero-order chi connectivity index (χ0) is 11.9. The van der Waals surface area contributed by atoms with Gasteiger partial charge in [0.1, 0.15) is 0 Å². The Kier molecular flexibility index (Phi) is 4.98. The Bertz CT molecular complexity index is 335. The van der Waals surface area contributed by atoms with E-state index in [0.29, 0.717) is 12.6 Å². The molecule has 0 aliphatic carbocycles. The first-order valence-corrected chi connectivity index (χ1v) is 6.39. The van der Waals surface area contributed by atoms with Gasteiger partial charge in [0, 0.05) is 26.2 Å². The average Bonchev–Trinajstić information content (AvgIpc) is 2.39. The average molecular weight is 234 g/mol. The van der Waals surface area contributed by atoms with Crippen LogP contribution in [0, 0.1) is 0 Å². The molecule has 0 aromatic heterocycles. The maximum absolute atomic E-state index is 5.15. The van der Waals surface area contributed by atoms with Crippen LogP contribution in [0.25, 0.3) is 0 Å². The Balaban J connectivity index is 1.83. The van der Waals surface area contributed by atoms with Crippen molar-refractivity contribution >= 4 is 0 Å². The van der Waals surface area contributed by atoms with E-state index in [1.54, 1.807) is 7.11 Å². The molecule has 94 valence electrons. The third-order valence-corrected chi connectivity index (χ3v) is 3.19. The fourth-order valence-electron chi connectivity index (χ4n) is 2.28. The van der Waals surface area contributed by atoms with Crippen molar-refractivity contribution in [1.29, 1.82) is 0 Å². The molecule has 0 spiro atoms. The fraction of sp³-hybridized carbons (Fsp3) is 0.571. The molecule has 1 saturated heterocycles. The van der Waals surface area contributed by atoms with E-state index < -0.39 is 0 Å². The summed E-state index contributed by atoms with van der Waals surface area (Å²) in [7, 11) is 1.73. The minimum Gasteiger partial charge on any atom is -0.380 e. The standard InChI is InChI=1S/C14H22N2O/c1-17-11-13-5-2-4-12(8-13)9-16-14-6-3-7-15-10-14/h2,4-5,8,14-16H,3,6-7,9-11H2,1H3. The molecule has 1 atom stereocenters. The largest absolute Gasteiger partial charge is 0.380 e. The maximum atomic E-state index is 5.15. The highest BCUT2D eigenvalue weighted by Crippen LogP contribution is 2.08. The summed E-state index contributed by atoms with van der Waals surface area (Å²) in [6, 6.07) is 9.21. The summed E-state index contributed by atoms with van der Waals surface area (Å²) in [4.78, 5) is 0. The lowest BCUT2D eigenvalue weighted by molar-refractivity contribution is 0.185. The molecule has 1 fully saturated rings. The van der Waals surface area contributed by atoms with E-state index >= 15 is 0 Å². The van der Waals surface area contributed by atoms with E-state index in [1.807, 2.05) is 0 Å². The van der Waals surface area contributed by atoms with Crippen molar-refractivity contribution in [2.75, 3.05) is 20.2 Å². The van der Waals surface area contributed by atoms with Crippen LogP contribution in [0.3, 0.4) is 0 Å². The fourth-order valence-corrected chi connectivity index (χ4v) is 2.28. The van der Waals surface area contributed by atoms with Crippen LogP contribution in [0.2, 0.25) is 0 Å². The molecule has 2 N–H and O–H groups in total. The first kappa shape index (κ1) is 12.6. The highest BCUT2D eigenvalue weighted by Gasteiger charge is 2.11. The van der Waals surface area contributed by atoms with Crippen LogP contribution in [0.5, 0.6) is 0 Å². The van der Waals surface area contributed by atoms with Crippen molar-refractivity contribution in [2.24, 2.45) is 0 Å². The van der Waals surface area contributed by atoms with Gasteiger partial charge in [-0.15, -0.1) is 0 Å². The maximum Gasteiger partial charge on any atom is 0.0713 e. The minimum absolute atomic E-state index is 0.620. The van der Waals surface area contributed by atoms with Crippen LogP contribution >= 0.6 is 0 Å². The highest BCUT2D eigenvalue weighted by atomic mass is 16.5. The molecular weight excluding hydrogens is 212 g/mol. The molecule has 1 aliphatic rings. The molecule has 1 heterocycles. The van der Waals surface area contributed by atoms with Crippen LogP contribution < -0.4 is 10.6 Å². The van der Waals surface area contributed by atoms with Crippen molar-refractivity contribution in [3.63, 3.8) is 0 Å². The van der Waals surface area contributed by atoms with E-state index in [4.69, 9.17) is 4.74 Å². The highest BCUT2D eigenvalue weighted by molar-refractivity contribution is 5.22. The summed E-state index contributed by atoms with van der Waals surface area (Å²) >= 11 is 0. The van der Waals surface area contributed by atoms with Crippen molar-refractivity contribution in [3.8, 4) is 0 Å². The summed E-state index contributed by atoms with van der Waals surface area (Å²) in [6.07, 6.45) is 2.56. The quantitative estimate of drug-likeness (QED) is 0.813. The second kappa shape index (κ2) is 6.74. The summed E-state index contributed by atoms with van der Waals surface area (Å²) < 4.78 is 5.15. The summed E-state index contributed by atoms with van der Waals surface area (Å²) in [5, 5.41) is 7.02. The monoisotopic (exact) mass is 234 g/mol. The lowest BCUT2D eigenvalue weighted by Crippen LogP contribution is -2.42. The van der Waals surface area contributed by atoms with Crippen LogP contribution in [0.15, 0.2) is 24.3 Å². The molecule has 1 aliphatic heterocycles. The number of methoxy groups -OCH3 is 1. The molecule has 0 amide bonds.